The molecule has 2 N–H and O–H groups in total. The molecule has 3 atom stereocenters. The van der Waals surface area contributed by atoms with E-state index in [4.69, 9.17) is 9.47 Å². The van der Waals surface area contributed by atoms with Crippen LogP contribution in [0, 0.1) is 5.41 Å². The van der Waals surface area contributed by atoms with Gasteiger partial charge in [-0.3, -0.25) is 9.69 Å². The number of halogens is 6. The maximum atomic E-state index is 13.6. The van der Waals surface area contributed by atoms with Gasteiger partial charge in [-0.15, -0.1) is 0 Å². The zero-order chi connectivity index (χ0) is 32.4. The maximum absolute atomic E-state index is 13.6. The highest BCUT2D eigenvalue weighted by molar-refractivity contribution is 6.07. The van der Waals surface area contributed by atoms with Crippen LogP contribution in [0.5, 0.6) is 5.75 Å². The van der Waals surface area contributed by atoms with Gasteiger partial charge in [0.1, 0.15) is 17.0 Å². The number of carbonyl (C=O) groups excluding carboxylic acids is 2. The van der Waals surface area contributed by atoms with Crippen molar-refractivity contribution >= 4 is 11.9 Å². The number of ether oxygens (including phenoxy) is 2. The Bertz CT molecular complexity index is 1250. The molecule has 0 saturated carbocycles. The highest BCUT2D eigenvalue weighted by Crippen LogP contribution is 2.50. The second-order valence-electron chi connectivity index (χ2n) is 11.3. The van der Waals surface area contributed by atoms with E-state index >= 15 is 0 Å². The third-order valence-corrected chi connectivity index (χ3v) is 8.30. The number of nitrogens with one attached hydrogen (secondary N) is 1. The standard InChI is InChI=1S/C30H38F6N2O5/c1-6-9-20-18-21(28(41,29(31,32)33)30(34,35)36)11-12-23(20)43-17-8-10-19(3)38-24(39)27(5,37-25(38)40)26(4)15-13-22(14-16-26)42-7-2/h11-15,18-19,41H,6-10,16-17H2,1-5H3,(H,37,40). The van der Waals surface area contributed by atoms with Crippen molar-refractivity contribution in [1.82, 2.24) is 10.2 Å². The van der Waals surface area contributed by atoms with E-state index in [9.17, 15) is 41.0 Å². The number of benzene rings is 1. The van der Waals surface area contributed by atoms with Gasteiger partial charge in [-0.1, -0.05) is 32.4 Å². The number of alkyl halides is 6. The lowest BCUT2D eigenvalue weighted by atomic mass is 9.67. The Hall–Kier alpha value is -3.22. The van der Waals surface area contributed by atoms with Gasteiger partial charge in [0.15, 0.2) is 0 Å². The summed E-state index contributed by atoms with van der Waals surface area (Å²) in [6.45, 7) is 9.36. The highest BCUT2D eigenvalue weighted by atomic mass is 19.4. The Labute approximate surface area is 246 Å². The van der Waals surface area contributed by atoms with Crippen molar-refractivity contribution in [1.29, 1.82) is 0 Å². The van der Waals surface area contributed by atoms with Crippen LogP contribution in [0.25, 0.3) is 0 Å². The molecular formula is C30H38F6N2O5. The fraction of sp³-hybridized carbons (Fsp3) is 0.600. The fourth-order valence-corrected chi connectivity index (χ4v) is 5.40. The van der Waals surface area contributed by atoms with E-state index in [0.29, 0.717) is 50.2 Å². The van der Waals surface area contributed by atoms with Crippen LogP contribution in [0.4, 0.5) is 31.1 Å². The Morgan fingerprint density at radius 1 is 1.07 bits per heavy atom. The van der Waals surface area contributed by atoms with Gasteiger partial charge in [-0.05, 0) is 76.3 Å². The zero-order valence-electron chi connectivity index (χ0n) is 24.8. The number of amides is 3. The number of allylic oxidation sites excluding steroid dienone is 2. The lowest BCUT2D eigenvalue weighted by Gasteiger charge is -2.41. The number of hydrogen-bond donors (Lipinski definition) is 2. The summed E-state index contributed by atoms with van der Waals surface area (Å²) in [4.78, 5) is 27.7. The van der Waals surface area contributed by atoms with Crippen LogP contribution >= 0.6 is 0 Å². The summed E-state index contributed by atoms with van der Waals surface area (Å²) in [6, 6.07) is 1.16. The number of carbonyl (C=O) groups is 2. The number of rotatable bonds is 12. The molecule has 1 heterocycles. The summed E-state index contributed by atoms with van der Waals surface area (Å²) in [5.41, 5.74) is -8.19. The van der Waals surface area contributed by atoms with E-state index in [0.717, 1.165) is 6.07 Å². The topological polar surface area (TPSA) is 88.1 Å². The molecule has 1 fully saturated rings. The second kappa shape index (κ2) is 12.4. The monoisotopic (exact) mass is 620 g/mol. The van der Waals surface area contributed by atoms with Gasteiger partial charge < -0.3 is 19.9 Å². The Morgan fingerprint density at radius 2 is 1.72 bits per heavy atom. The van der Waals surface area contributed by atoms with Crippen molar-refractivity contribution in [3.8, 4) is 5.75 Å². The van der Waals surface area contributed by atoms with E-state index in [-0.39, 0.29) is 30.2 Å². The number of nitrogens with zero attached hydrogens (tertiary/aromatic N) is 1. The first-order valence-corrected chi connectivity index (χ1v) is 14.2. The first-order chi connectivity index (χ1) is 19.9. The summed E-state index contributed by atoms with van der Waals surface area (Å²) in [5, 5.41) is 12.6. The number of aliphatic hydroxyl groups is 1. The van der Waals surface area contributed by atoms with Gasteiger partial charge in [0.25, 0.3) is 11.5 Å². The Kier molecular flexibility index (Phi) is 9.89. The smallest absolute Gasteiger partial charge is 0.430 e. The van der Waals surface area contributed by atoms with Gasteiger partial charge in [0.2, 0.25) is 0 Å². The molecular weight excluding hydrogens is 582 g/mol. The average molecular weight is 621 g/mol. The summed E-state index contributed by atoms with van der Waals surface area (Å²) < 4.78 is 91.4. The van der Waals surface area contributed by atoms with Gasteiger partial charge in [-0.25, -0.2) is 4.79 Å². The molecule has 3 unspecified atom stereocenters. The molecule has 0 bridgehead atoms. The van der Waals surface area contributed by atoms with Crippen LogP contribution in [0.3, 0.4) is 0 Å². The van der Waals surface area contributed by atoms with E-state index in [1.807, 2.05) is 26.0 Å². The minimum Gasteiger partial charge on any atom is -0.494 e. The van der Waals surface area contributed by atoms with E-state index in [1.165, 1.54) is 4.90 Å². The molecule has 2 aliphatic rings. The molecule has 1 aliphatic heterocycles. The largest absolute Gasteiger partial charge is 0.494 e. The Morgan fingerprint density at radius 3 is 2.26 bits per heavy atom. The number of imide groups is 1. The van der Waals surface area contributed by atoms with Crippen LogP contribution in [0.2, 0.25) is 0 Å². The van der Waals surface area contributed by atoms with E-state index in [2.05, 4.69) is 5.32 Å². The molecule has 240 valence electrons. The summed E-state index contributed by atoms with van der Waals surface area (Å²) >= 11 is 0. The average Bonchev–Trinajstić information content (AvgIpc) is 3.15. The molecule has 1 aromatic rings. The van der Waals surface area contributed by atoms with Crippen molar-refractivity contribution in [3.05, 3.63) is 53.3 Å². The highest BCUT2D eigenvalue weighted by Gasteiger charge is 2.71. The van der Waals surface area contributed by atoms with Crippen LogP contribution in [0.15, 0.2) is 42.2 Å². The summed E-state index contributed by atoms with van der Waals surface area (Å²) in [7, 11) is 0. The van der Waals surface area contributed by atoms with E-state index < -0.39 is 46.5 Å². The second-order valence-corrected chi connectivity index (χ2v) is 11.3. The van der Waals surface area contributed by atoms with E-state index in [1.54, 1.807) is 26.8 Å². The molecule has 3 amide bonds. The van der Waals surface area contributed by atoms with Crippen molar-refractivity contribution in [2.45, 2.75) is 96.3 Å². The fourth-order valence-electron chi connectivity index (χ4n) is 5.40. The molecule has 0 aromatic heterocycles. The number of urea groups is 1. The summed E-state index contributed by atoms with van der Waals surface area (Å²) in [5.74, 6) is 0.400. The molecule has 3 rings (SSSR count). The minimum atomic E-state index is -5.99. The first kappa shape index (κ1) is 34.3. The number of aryl methyl sites for hydroxylation is 1. The normalized spacial score (nSPS) is 23.7. The molecule has 1 aromatic carbocycles. The van der Waals surface area contributed by atoms with Crippen molar-refractivity contribution in [2.24, 2.45) is 5.41 Å². The molecule has 7 nitrogen and oxygen atoms in total. The third-order valence-electron chi connectivity index (χ3n) is 8.30. The zero-order valence-corrected chi connectivity index (χ0v) is 24.8. The molecule has 1 saturated heterocycles. The molecule has 1 aliphatic carbocycles. The quantitative estimate of drug-likeness (QED) is 0.154. The van der Waals surface area contributed by atoms with Crippen LogP contribution in [0.1, 0.15) is 71.4 Å². The maximum Gasteiger partial charge on any atom is 0.430 e. The predicted octanol–water partition coefficient (Wildman–Crippen LogP) is 6.70. The lowest BCUT2D eigenvalue weighted by molar-refractivity contribution is -0.376. The molecule has 0 spiro atoms. The predicted molar refractivity (Wildman–Crippen MR) is 146 cm³/mol. The first-order valence-electron chi connectivity index (χ1n) is 14.2. The third kappa shape index (κ3) is 6.37. The van der Waals surface area contributed by atoms with Crippen molar-refractivity contribution in [3.63, 3.8) is 0 Å². The van der Waals surface area contributed by atoms with Crippen LogP contribution in [-0.4, -0.2) is 59.1 Å². The number of hydrogen-bond acceptors (Lipinski definition) is 5. The van der Waals surface area contributed by atoms with Gasteiger partial charge >= 0.3 is 18.4 Å². The molecule has 0 radical (unpaired) electrons. The lowest BCUT2D eigenvalue weighted by Crippen LogP contribution is -2.56. The van der Waals surface area contributed by atoms with Gasteiger partial charge in [0.05, 0.1) is 13.2 Å². The summed E-state index contributed by atoms with van der Waals surface area (Å²) in [6.07, 6.45) is -4.81. The van der Waals surface area contributed by atoms with Crippen LogP contribution in [-0.2, 0) is 21.6 Å². The SMILES string of the molecule is CCCc1cc(C(O)(C(F)(F)F)C(F)(F)F)ccc1OCCCC(C)N1C(=O)NC(C)(C2(C)C=CC(OCC)=CC2)C1=O. The van der Waals surface area contributed by atoms with Gasteiger partial charge in [-0.2, -0.15) is 26.3 Å². The van der Waals surface area contributed by atoms with Crippen molar-refractivity contribution in [2.75, 3.05) is 13.2 Å². The van der Waals surface area contributed by atoms with Crippen molar-refractivity contribution < 1.29 is 50.5 Å². The minimum absolute atomic E-state index is 0.0234. The molecule has 13 heteroatoms. The molecule has 43 heavy (non-hydrogen) atoms. The van der Waals surface area contributed by atoms with Gasteiger partial charge in [0, 0.05) is 17.0 Å². The van der Waals surface area contributed by atoms with Crippen LogP contribution < -0.4 is 10.1 Å². The Balaban J connectivity index is 1.67.